The lowest BCUT2D eigenvalue weighted by Gasteiger charge is -2.26. The summed E-state index contributed by atoms with van der Waals surface area (Å²) in [5.74, 6) is 0.00502. The van der Waals surface area contributed by atoms with E-state index in [-0.39, 0.29) is 17.6 Å². The normalized spacial score (nSPS) is 20.9. The van der Waals surface area contributed by atoms with Gasteiger partial charge in [0.25, 0.3) is 5.56 Å². The minimum atomic E-state index is -0.712. The summed E-state index contributed by atoms with van der Waals surface area (Å²) < 4.78 is 0. The van der Waals surface area contributed by atoms with Crippen LogP contribution in [0.5, 0.6) is 5.88 Å². The number of hydrogen-bond donors (Lipinski definition) is 4. The van der Waals surface area contributed by atoms with E-state index < -0.39 is 17.1 Å². The van der Waals surface area contributed by atoms with Crippen LogP contribution in [0.15, 0.2) is 14.6 Å². The molecule has 0 aliphatic heterocycles. The number of nitrogens with one attached hydrogen (secondary N) is 3. The van der Waals surface area contributed by atoms with Crippen molar-refractivity contribution in [2.45, 2.75) is 76.3 Å². The van der Waals surface area contributed by atoms with Gasteiger partial charge in [-0.3, -0.25) is 19.8 Å². The van der Waals surface area contributed by atoms with Crippen LogP contribution < -0.4 is 16.6 Å². The fourth-order valence-corrected chi connectivity index (χ4v) is 3.70. The highest BCUT2D eigenvalue weighted by molar-refractivity contribution is 6.00. The van der Waals surface area contributed by atoms with Crippen LogP contribution >= 0.6 is 0 Å². The van der Waals surface area contributed by atoms with Gasteiger partial charge in [0, 0.05) is 6.04 Å². The second kappa shape index (κ2) is 7.68. The van der Waals surface area contributed by atoms with Gasteiger partial charge in [-0.2, -0.15) is 0 Å². The molecule has 2 saturated carbocycles. The van der Waals surface area contributed by atoms with Crippen molar-refractivity contribution < 1.29 is 5.11 Å². The zero-order valence-electron chi connectivity index (χ0n) is 13.9. The molecule has 0 radical (unpaired) electrons. The molecule has 3 rings (SSSR count). The number of aliphatic imine (C=N–C) groups is 1. The molecule has 0 aromatic carbocycles. The number of aromatic amines is 2. The molecule has 0 atom stereocenters. The molecule has 2 aliphatic rings. The molecule has 7 heteroatoms. The minimum Gasteiger partial charge on any atom is -0.494 e. The maximum absolute atomic E-state index is 12.2. The van der Waals surface area contributed by atoms with E-state index in [9.17, 15) is 14.7 Å². The van der Waals surface area contributed by atoms with Crippen LogP contribution in [0, 0.1) is 0 Å². The summed E-state index contributed by atoms with van der Waals surface area (Å²) in [4.78, 5) is 32.8. The van der Waals surface area contributed by atoms with E-state index in [4.69, 9.17) is 4.99 Å². The Hall–Kier alpha value is -2.05. The smallest absolute Gasteiger partial charge is 0.328 e. The molecule has 2 fully saturated rings. The topological polar surface area (TPSA) is 110 Å². The molecule has 0 spiro atoms. The maximum atomic E-state index is 12.2. The van der Waals surface area contributed by atoms with Crippen LogP contribution in [0.2, 0.25) is 0 Å². The average molecular weight is 334 g/mol. The second-order valence-electron chi connectivity index (χ2n) is 6.88. The molecular weight excluding hydrogens is 308 g/mol. The minimum absolute atomic E-state index is 0.0470. The van der Waals surface area contributed by atoms with Crippen molar-refractivity contribution in [1.29, 1.82) is 0 Å². The van der Waals surface area contributed by atoms with Gasteiger partial charge in [-0.25, -0.2) is 4.79 Å². The SMILES string of the molecule is O=c1[nH]c(O)c(C(=NC2CCCCC2)NC2CCCCC2)c(=O)[nH]1. The van der Waals surface area contributed by atoms with E-state index in [0.717, 1.165) is 51.4 Å². The van der Waals surface area contributed by atoms with Crippen LogP contribution in [-0.2, 0) is 0 Å². The fraction of sp³-hybridized carbons (Fsp3) is 0.706. The number of rotatable bonds is 3. The van der Waals surface area contributed by atoms with Crippen molar-refractivity contribution in [2.24, 2.45) is 4.99 Å². The number of amidine groups is 1. The lowest BCUT2D eigenvalue weighted by atomic mass is 9.94. The van der Waals surface area contributed by atoms with Gasteiger partial charge in [-0.1, -0.05) is 38.5 Å². The molecule has 7 nitrogen and oxygen atoms in total. The van der Waals surface area contributed by atoms with Crippen LogP contribution in [0.25, 0.3) is 0 Å². The fourth-order valence-electron chi connectivity index (χ4n) is 3.70. The first kappa shape index (κ1) is 16.8. The molecular formula is C17H26N4O3. The van der Waals surface area contributed by atoms with Gasteiger partial charge in [0.1, 0.15) is 11.4 Å². The van der Waals surface area contributed by atoms with Gasteiger partial charge in [0.15, 0.2) is 0 Å². The van der Waals surface area contributed by atoms with E-state index >= 15 is 0 Å². The second-order valence-corrected chi connectivity index (χ2v) is 6.88. The summed E-state index contributed by atoms with van der Waals surface area (Å²) in [7, 11) is 0. The quantitative estimate of drug-likeness (QED) is 0.499. The summed E-state index contributed by atoms with van der Waals surface area (Å²) >= 11 is 0. The highest BCUT2D eigenvalue weighted by atomic mass is 16.3. The Bertz CT molecular complexity index is 695. The van der Waals surface area contributed by atoms with E-state index in [0.29, 0.717) is 5.84 Å². The Morgan fingerprint density at radius 1 is 0.958 bits per heavy atom. The largest absolute Gasteiger partial charge is 0.494 e. The van der Waals surface area contributed by atoms with Gasteiger partial charge >= 0.3 is 5.69 Å². The lowest BCUT2D eigenvalue weighted by molar-refractivity contribution is 0.407. The van der Waals surface area contributed by atoms with Crippen molar-refractivity contribution in [3.8, 4) is 5.88 Å². The average Bonchev–Trinajstić information content (AvgIpc) is 2.55. The van der Waals surface area contributed by atoms with Crippen LogP contribution in [0.4, 0.5) is 0 Å². The Morgan fingerprint density at radius 3 is 2.21 bits per heavy atom. The number of H-pyrrole nitrogens is 2. The highest BCUT2D eigenvalue weighted by Crippen LogP contribution is 2.22. The van der Waals surface area contributed by atoms with Crippen molar-refractivity contribution in [2.75, 3.05) is 0 Å². The van der Waals surface area contributed by atoms with Gasteiger partial charge in [-0.15, -0.1) is 0 Å². The first-order chi connectivity index (χ1) is 11.6. The Morgan fingerprint density at radius 2 is 1.58 bits per heavy atom. The molecule has 24 heavy (non-hydrogen) atoms. The third-order valence-electron chi connectivity index (χ3n) is 4.99. The zero-order chi connectivity index (χ0) is 16.9. The standard InChI is InChI=1S/C17H26N4O3/c22-15-13(16(23)21-17(24)20-15)14(18-11-7-3-1-4-8-11)19-12-9-5-2-6-10-12/h11-12H,1-10H2,(H,18,19)(H3,20,21,22,23,24). The van der Waals surface area contributed by atoms with Crippen molar-refractivity contribution >= 4 is 5.84 Å². The molecule has 0 unspecified atom stereocenters. The van der Waals surface area contributed by atoms with Crippen molar-refractivity contribution in [1.82, 2.24) is 15.3 Å². The van der Waals surface area contributed by atoms with E-state index in [1.807, 2.05) is 0 Å². The molecule has 132 valence electrons. The third-order valence-corrected chi connectivity index (χ3v) is 4.99. The summed E-state index contributed by atoms with van der Waals surface area (Å²) in [5, 5.41) is 13.5. The van der Waals surface area contributed by atoms with Crippen LogP contribution in [0.3, 0.4) is 0 Å². The third kappa shape index (κ3) is 4.07. The number of aromatic hydroxyl groups is 1. The molecule has 0 saturated heterocycles. The molecule has 1 aromatic heterocycles. The summed E-state index contributed by atoms with van der Waals surface area (Å²) in [6.07, 6.45) is 11.1. The van der Waals surface area contributed by atoms with Crippen molar-refractivity contribution in [3.05, 3.63) is 26.4 Å². The van der Waals surface area contributed by atoms with E-state index in [1.165, 1.54) is 12.8 Å². The van der Waals surface area contributed by atoms with Crippen LogP contribution in [0.1, 0.15) is 69.8 Å². The molecule has 1 heterocycles. The molecule has 1 aromatic rings. The zero-order valence-corrected chi connectivity index (χ0v) is 13.9. The first-order valence-electron chi connectivity index (χ1n) is 9.04. The van der Waals surface area contributed by atoms with E-state index in [1.54, 1.807) is 0 Å². The Labute approximate surface area is 140 Å². The lowest BCUT2D eigenvalue weighted by Crippen LogP contribution is -2.41. The summed E-state index contributed by atoms with van der Waals surface area (Å²) in [6, 6.07) is 0.419. The summed E-state index contributed by atoms with van der Waals surface area (Å²) in [6.45, 7) is 0. The molecule has 0 bridgehead atoms. The number of hydrogen-bond acceptors (Lipinski definition) is 4. The highest BCUT2D eigenvalue weighted by Gasteiger charge is 2.22. The predicted octanol–water partition coefficient (Wildman–Crippen LogP) is 1.77. The monoisotopic (exact) mass is 334 g/mol. The Kier molecular flexibility index (Phi) is 5.37. The van der Waals surface area contributed by atoms with E-state index in [2.05, 4.69) is 15.3 Å². The van der Waals surface area contributed by atoms with Gasteiger partial charge in [-0.05, 0) is 25.7 Å². The Balaban J connectivity index is 1.93. The van der Waals surface area contributed by atoms with Gasteiger partial charge < -0.3 is 10.4 Å². The molecule has 4 N–H and O–H groups in total. The van der Waals surface area contributed by atoms with Gasteiger partial charge in [0.05, 0.1) is 6.04 Å². The van der Waals surface area contributed by atoms with Crippen LogP contribution in [-0.4, -0.2) is 33.0 Å². The predicted molar refractivity (Wildman–Crippen MR) is 92.8 cm³/mol. The number of nitrogens with zero attached hydrogens (tertiary/aromatic N) is 1. The first-order valence-corrected chi connectivity index (χ1v) is 9.04. The van der Waals surface area contributed by atoms with Crippen molar-refractivity contribution in [3.63, 3.8) is 0 Å². The molecule has 2 aliphatic carbocycles. The number of aromatic nitrogens is 2. The van der Waals surface area contributed by atoms with Gasteiger partial charge in [0.2, 0.25) is 5.88 Å². The summed E-state index contributed by atoms with van der Waals surface area (Å²) in [5.41, 5.74) is -1.27. The molecule has 0 amide bonds. The maximum Gasteiger partial charge on any atom is 0.328 e.